The van der Waals surface area contributed by atoms with Gasteiger partial charge in [0.2, 0.25) is 0 Å². The zero-order valence-corrected chi connectivity index (χ0v) is 18.2. The molecule has 2 atom stereocenters. The molecule has 0 bridgehead atoms. The summed E-state index contributed by atoms with van der Waals surface area (Å²) in [7, 11) is 0. The van der Waals surface area contributed by atoms with Gasteiger partial charge >= 0.3 is 0 Å². The Morgan fingerprint density at radius 3 is 2.08 bits per heavy atom. The first-order valence-corrected chi connectivity index (χ1v) is 10.4. The molecule has 0 amide bonds. The third kappa shape index (κ3) is 3.89. The number of aliphatic hydroxyl groups excluding tert-OH is 1. The maximum absolute atomic E-state index is 10.5. The molecule has 3 aromatic rings. The number of hydrogen-bond acceptors (Lipinski definition) is 2. The van der Waals surface area contributed by atoms with E-state index in [1.165, 1.54) is 28.9 Å². The van der Waals surface area contributed by atoms with E-state index in [9.17, 15) is 5.11 Å². The lowest BCUT2D eigenvalue weighted by Crippen LogP contribution is -2.35. The molecule has 1 heterocycles. The van der Waals surface area contributed by atoms with Crippen molar-refractivity contribution in [2.24, 2.45) is 0 Å². The van der Waals surface area contributed by atoms with Gasteiger partial charge in [0.1, 0.15) is 0 Å². The molecule has 5 heteroatoms. The molecule has 24 heavy (non-hydrogen) atoms. The van der Waals surface area contributed by atoms with Crippen molar-refractivity contribution in [2.45, 2.75) is 39.0 Å². The Kier molecular flexibility index (Phi) is 6.05. The molecule has 0 unspecified atom stereocenters. The van der Waals surface area contributed by atoms with Gasteiger partial charge in [-0.15, -0.1) is 0 Å². The van der Waals surface area contributed by atoms with E-state index in [4.69, 9.17) is 0 Å². The van der Waals surface area contributed by atoms with Gasteiger partial charge in [0, 0.05) is 41.5 Å². The Morgan fingerprint density at radius 1 is 1.04 bits per heavy atom. The van der Waals surface area contributed by atoms with Crippen LogP contribution in [0.2, 0.25) is 0 Å². The van der Waals surface area contributed by atoms with Crippen LogP contribution in [0, 0.1) is 7.14 Å². The van der Waals surface area contributed by atoms with Crippen LogP contribution in [0.3, 0.4) is 0 Å². The van der Waals surface area contributed by atoms with Gasteiger partial charge in [-0.25, -0.2) is 0 Å². The van der Waals surface area contributed by atoms with Crippen molar-refractivity contribution in [3.05, 3.63) is 43.5 Å². The molecule has 1 aromatic heterocycles. The minimum absolute atomic E-state index is 0.406. The summed E-state index contributed by atoms with van der Waals surface area (Å²) in [5, 5.41) is 16.4. The number of benzene rings is 2. The first-order valence-electron chi connectivity index (χ1n) is 8.28. The predicted molar refractivity (Wildman–Crippen MR) is 119 cm³/mol. The summed E-state index contributed by atoms with van der Waals surface area (Å²) in [5.41, 5.74) is 2.38. The predicted octanol–water partition coefficient (Wildman–Crippen LogP) is 4.75. The lowest BCUT2D eigenvalue weighted by molar-refractivity contribution is 0.150. The highest BCUT2D eigenvalue weighted by Gasteiger charge is 2.15. The van der Waals surface area contributed by atoms with E-state index >= 15 is 0 Å². The first kappa shape index (κ1) is 18.4. The highest BCUT2D eigenvalue weighted by Crippen LogP contribution is 2.31. The van der Waals surface area contributed by atoms with Crippen molar-refractivity contribution in [3.8, 4) is 0 Å². The summed E-state index contributed by atoms with van der Waals surface area (Å²) in [4.78, 5) is 0. The number of aliphatic hydroxyl groups is 1. The van der Waals surface area contributed by atoms with E-state index in [0.717, 1.165) is 6.42 Å². The second-order valence-electron chi connectivity index (χ2n) is 6.30. The number of nitrogens with zero attached hydrogens (tertiary/aromatic N) is 1. The topological polar surface area (TPSA) is 37.2 Å². The van der Waals surface area contributed by atoms with Crippen LogP contribution in [-0.4, -0.2) is 28.4 Å². The Labute approximate surface area is 170 Å². The molecule has 0 aliphatic carbocycles. The van der Waals surface area contributed by atoms with Crippen molar-refractivity contribution in [2.75, 3.05) is 6.54 Å². The van der Waals surface area contributed by atoms with Crippen LogP contribution in [0.4, 0.5) is 0 Å². The van der Waals surface area contributed by atoms with Gasteiger partial charge in [-0.2, -0.15) is 0 Å². The molecule has 2 aromatic carbocycles. The quantitative estimate of drug-likeness (QED) is 0.437. The zero-order chi connectivity index (χ0) is 17.3. The van der Waals surface area contributed by atoms with Crippen LogP contribution in [0.15, 0.2) is 36.4 Å². The van der Waals surface area contributed by atoms with Crippen molar-refractivity contribution in [1.29, 1.82) is 0 Å². The van der Waals surface area contributed by atoms with E-state index in [1.807, 2.05) is 0 Å². The Morgan fingerprint density at radius 2 is 1.58 bits per heavy atom. The third-order valence-corrected chi connectivity index (χ3v) is 5.84. The standard InChI is InChI=1S/C19H22I2N2O/c1-3-12(2)22-10-15(24)11-23-18-6-4-13(20)8-16(18)17-9-14(21)5-7-19(17)23/h4-9,12,15,22,24H,3,10-11H2,1-2H3/t12-,15+/m0/s1. The molecular formula is C19H22I2N2O. The van der Waals surface area contributed by atoms with E-state index in [2.05, 4.69) is 105 Å². The van der Waals surface area contributed by atoms with E-state index < -0.39 is 6.10 Å². The van der Waals surface area contributed by atoms with Crippen LogP contribution < -0.4 is 5.32 Å². The van der Waals surface area contributed by atoms with Gasteiger partial charge in [0.25, 0.3) is 0 Å². The summed E-state index contributed by atoms with van der Waals surface area (Å²) in [6.45, 7) is 5.52. The van der Waals surface area contributed by atoms with E-state index in [0.29, 0.717) is 19.1 Å². The summed E-state index contributed by atoms with van der Waals surface area (Å²) >= 11 is 4.72. The van der Waals surface area contributed by atoms with Crippen LogP contribution in [0.1, 0.15) is 20.3 Å². The van der Waals surface area contributed by atoms with E-state index in [1.54, 1.807) is 0 Å². The average Bonchev–Trinajstić information content (AvgIpc) is 2.85. The maximum Gasteiger partial charge on any atom is 0.0843 e. The minimum Gasteiger partial charge on any atom is -0.390 e. The largest absolute Gasteiger partial charge is 0.390 e. The molecule has 128 valence electrons. The van der Waals surface area contributed by atoms with Gasteiger partial charge in [0.05, 0.1) is 12.6 Å². The summed E-state index contributed by atoms with van der Waals surface area (Å²) < 4.78 is 4.72. The van der Waals surface area contributed by atoms with Gasteiger partial charge in [-0.1, -0.05) is 6.92 Å². The molecule has 0 saturated carbocycles. The summed E-state index contributed by atoms with van der Waals surface area (Å²) in [5.74, 6) is 0. The second kappa shape index (κ2) is 7.88. The molecule has 2 N–H and O–H groups in total. The lowest BCUT2D eigenvalue weighted by Gasteiger charge is -2.17. The van der Waals surface area contributed by atoms with Crippen LogP contribution in [0.25, 0.3) is 21.8 Å². The molecule has 0 radical (unpaired) electrons. The second-order valence-corrected chi connectivity index (χ2v) is 8.80. The number of halogens is 2. The molecule has 0 fully saturated rings. The Balaban J connectivity index is 1.99. The fourth-order valence-electron chi connectivity index (χ4n) is 3.00. The summed E-state index contributed by atoms with van der Waals surface area (Å²) in [6.07, 6.45) is 0.662. The summed E-state index contributed by atoms with van der Waals surface area (Å²) in [6, 6.07) is 13.5. The monoisotopic (exact) mass is 548 g/mol. The van der Waals surface area contributed by atoms with Crippen molar-refractivity contribution in [3.63, 3.8) is 0 Å². The maximum atomic E-state index is 10.5. The Bertz CT molecular complexity index is 800. The van der Waals surface area contributed by atoms with Crippen LogP contribution in [-0.2, 0) is 6.54 Å². The zero-order valence-electron chi connectivity index (χ0n) is 13.9. The first-order chi connectivity index (χ1) is 11.5. The number of fused-ring (bicyclic) bond motifs is 3. The lowest BCUT2D eigenvalue weighted by atomic mass is 10.2. The van der Waals surface area contributed by atoms with Crippen molar-refractivity contribution < 1.29 is 5.11 Å². The van der Waals surface area contributed by atoms with Crippen LogP contribution in [0.5, 0.6) is 0 Å². The van der Waals surface area contributed by atoms with E-state index in [-0.39, 0.29) is 0 Å². The molecule has 0 aliphatic rings. The fraction of sp³-hybridized carbons (Fsp3) is 0.368. The van der Waals surface area contributed by atoms with Crippen molar-refractivity contribution >= 4 is 67.0 Å². The highest BCUT2D eigenvalue weighted by atomic mass is 127. The molecule has 3 rings (SSSR count). The van der Waals surface area contributed by atoms with Crippen LogP contribution >= 0.6 is 45.2 Å². The smallest absolute Gasteiger partial charge is 0.0843 e. The number of nitrogens with one attached hydrogen (secondary N) is 1. The number of aromatic nitrogens is 1. The number of hydrogen-bond donors (Lipinski definition) is 2. The normalized spacial score (nSPS) is 14.4. The third-order valence-electron chi connectivity index (χ3n) is 4.50. The van der Waals surface area contributed by atoms with Crippen molar-refractivity contribution in [1.82, 2.24) is 9.88 Å². The van der Waals surface area contributed by atoms with Gasteiger partial charge in [-0.3, -0.25) is 0 Å². The SMILES string of the molecule is CC[C@H](C)NC[C@@H](O)Cn1c2ccc(I)cc2c2cc(I)ccc21. The number of rotatable bonds is 6. The van der Waals surface area contributed by atoms with Gasteiger partial charge in [0.15, 0.2) is 0 Å². The molecule has 3 nitrogen and oxygen atoms in total. The average molecular weight is 548 g/mol. The van der Waals surface area contributed by atoms with Gasteiger partial charge < -0.3 is 15.0 Å². The molecule has 0 saturated heterocycles. The van der Waals surface area contributed by atoms with Gasteiger partial charge in [-0.05, 0) is 94.9 Å². The Hall–Kier alpha value is -0.380. The fourth-order valence-corrected chi connectivity index (χ4v) is 3.98. The molecule has 0 aliphatic heterocycles. The molecular weight excluding hydrogens is 526 g/mol. The minimum atomic E-state index is -0.406. The molecule has 0 spiro atoms. The highest BCUT2D eigenvalue weighted by molar-refractivity contribution is 14.1.